The van der Waals surface area contributed by atoms with Gasteiger partial charge in [0.1, 0.15) is 5.37 Å². The van der Waals surface area contributed by atoms with Crippen LogP contribution < -0.4 is 4.90 Å². The molecule has 2 saturated heterocycles. The van der Waals surface area contributed by atoms with Crippen molar-refractivity contribution < 1.29 is 4.79 Å². The molecule has 5 heteroatoms. The van der Waals surface area contributed by atoms with Crippen molar-refractivity contribution in [3.8, 4) is 0 Å². The molecule has 1 aromatic carbocycles. The molecule has 1 unspecified atom stereocenters. The van der Waals surface area contributed by atoms with E-state index in [1.54, 1.807) is 11.8 Å². The van der Waals surface area contributed by atoms with E-state index < -0.39 is 0 Å². The number of carbonyl (C=O) groups is 1. The van der Waals surface area contributed by atoms with Gasteiger partial charge in [-0.3, -0.25) is 4.79 Å². The number of carbonyl (C=O) groups excluding carboxylic acids is 1. The maximum Gasteiger partial charge on any atom is 0.233 e. The lowest BCUT2D eigenvalue weighted by atomic mass is 10.1. The van der Waals surface area contributed by atoms with Crippen LogP contribution in [-0.4, -0.2) is 61.7 Å². The van der Waals surface area contributed by atoms with Gasteiger partial charge in [-0.15, -0.1) is 11.8 Å². The maximum atomic E-state index is 12.3. The molecule has 0 radical (unpaired) electrons. The van der Waals surface area contributed by atoms with Crippen molar-refractivity contribution in [3.05, 3.63) is 29.8 Å². The van der Waals surface area contributed by atoms with Crippen LogP contribution >= 0.6 is 11.8 Å². The van der Waals surface area contributed by atoms with Crippen LogP contribution in [0.4, 0.5) is 5.69 Å². The zero-order valence-electron chi connectivity index (χ0n) is 14.9. The van der Waals surface area contributed by atoms with E-state index in [-0.39, 0.29) is 5.37 Å². The largest absolute Gasteiger partial charge is 0.378 e. The van der Waals surface area contributed by atoms with E-state index in [9.17, 15) is 4.79 Å². The van der Waals surface area contributed by atoms with Gasteiger partial charge in [0.2, 0.25) is 5.91 Å². The quantitative estimate of drug-likeness (QED) is 0.708. The van der Waals surface area contributed by atoms with Crippen LogP contribution in [-0.2, 0) is 4.79 Å². The Labute approximate surface area is 150 Å². The third-order valence-electron chi connectivity index (χ3n) is 4.98. The zero-order chi connectivity index (χ0) is 16.9. The van der Waals surface area contributed by atoms with Gasteiger partial charge in [-0.05, 0) is 63.0 Å². The van der Waals surface area contributed by atoms with Crippen LogP contribution in [0.15, 0.2) is 24.3 Å². The minimum Gasteiger partial charge on any atom is -0.378 e. The van der Waals surface area contributed by atoms with Crippen LogP contribution in [0.3, 0.4) is 0 Å². The molecule has 2 aliphatic heterocycles. The summed E-state index contributed by atoms with van der Waals surface area (Å²) in [4.78, 5) is 19.0. The number of hydrogen-bond donors (Lipinski definition) is 0. The van der Waals surface area contributed by atoms with E-state index in [1.165, 1.54) is 50.1 Å². The lowest BCUT2D eigenvalue weighted by molar-refractivity contribution is -0.128. The number of hydrogen-bond acceptors (Lipinski definition) is 4. The summed E-state index contributed by atoms with van der Waals surface area (Å²) in [5.41, 5.74) is 2.45. The van der Waals surface area contributed by atoms with Crippen LogP contribution in [0.5, 0.6) is 0 Å². The van der Waals surface area contributed by atoms with Crippen molar-refractivity contribution in [1.82, 2.24) is 9.80 Å². The molecule has 1 aromatic rings. The average Bonchev–Trinajstić information content (AvgIpc) is 3.22. The van der Waals surface area contributed by atoms with E-state index in [0.717, 1.165) is 13.0 Å². The number of likely N-dealkylation sites (tertiary alicyclic amines) is 1. The molecular formula is C19H29N3OS. The highest BCUT2D eigenvalue weighted by molar-refractivity contribution is 8.00. The summed E-state index contributed by atoms with van der Waals surface area (Å²) in [6.45, 7) is 4.61. The van der Waals surface area contributed by atoms with Crippen molar-refractivity contribution in [2.24, 2.45) is 0 Å². The molecule has 2 fully saturated rings. The summed E-state index contributed by atoms with van der Waals surface area (Å²) in [7, 11) is 4.10. The van der Waals surface area contributed by atoms with Crippen molar-refractivity contribution in [2.75, 3.05) is 50.9 Å². The molecule has 3 rings (SSSR count). The normalized spacial score (nSPS) is 21.7. The first kappa shape index (κ1) is 17.6. The Balaban J connectivity index is 1.53. The third-order valence-corrected chi connectivity index (χ3v) is 6.24. The Bertz CT molecular complexity index is 540. The maximum absolute atomic E-state index is 12.3. The van der Waals surface area contributed by atoms with Gasteiger partial charge in [-0.25, -0.2) is 0 Å². The molecule has 0 saturated carbocycles. The summed E-state index contributed by atoms with van der Waals surface area (Å²) in [5.74, 6) is 0.912. The van der Waals surface area contributed by atoms with Gasteiger partial charge in [0.15, 0.2) is 0 Å². The molecule has 0 aliphatic carbocycles. The van der Waals surface area contributed by atoms with Gasteiger partial charge in [0.05, 0.1) is 5.75 Å². The summed E-state index contributed by atoms with van der Waals surface area (Å²) in [6, 6.07) is 8.63. The summed E-state index contributed by atoms with van der Waals surface area (Å²) >= 11 is 1.76. The molecule has 0 N–H and O–H groups in total. The summed E-state index contributed by atoms with van der Waals surface area (Å²) < 4.78 is 0. The first-order valence-corrected chi connectivity index (χ1v) is 10.1. The van der Waals surface area contributed by atoms with E-state index in [4.69, 9.17) is 0 Å². The van der Waals surface area contributed by atoms with Gasteiger partial charge in [-0.2, -0.15) is 0 Å². The van der Waals surface area contributed by atoms with Crippen LogP contribution in [0.1, 0.15) is 36.6 Å². The van der Waals surface area contributed by atoms with Crippen molar-refractivity contribution in [1.29, 1.82) is 0 Å². The third kappa shape index (κ3) is 4.25. The highest BCUT2D eigenvalue weighted by Crippen LogP contribution is 2.39. The predicted molar refractivity (Wildman–Crippen MR) is 103 cm³/mol. The molecule has 2 aliphatic rings. The molecule has 132 valence electrons. The molecule has 4 nitrogen and oxygen atoms in total. The van der Waals surface area contributed by atoms with Gasteiger partial charge < -0.3 is 14.7 Å². The number of nitrogens with zero attached hydrogens (tertiary/aromatic N) is 3. The lowest BCUT2D eigenvalue weighted by Crippen LogP contribution is -2.30. The van der Waals surface area contributed by atoms with Crippen LogP contribution in [0.25, 0.3) is 0 Å². The lowest BCUT2D eigenvalue weighted by Gasteiger charge is -2.25. The van der Waals surface area contributed by atoms with E-state index >= 15 is 0 Å². The molecule has 0 bridgehead atoms. The number of unbranched alkanes of at least 4 members (excludes halogenated alkanes) is 1. The van der Waals surface area contributed by atoms with Crippen molar-refractivity contribution in [3.63, 3.8) is 0 Å². The predicted octanol–water partition coefficient (Wildman–Crippen LogP) is 3.20. The van der Waals surface area contributed by atoms with Gasteiger partial charge >= 0.3 is 0 Å². The Morgan fingerprint density at radius 1 is 1.08 bits per heavy atom. The summed E-state index contributed by atoms with van der Waals surface area (Å²) in [5, 5.41) is 0.195. The average molecular weight is 348 g/mol. The first-order chi connectivity index (χ1) is 11.6. The number of thioether (sulfide) groups is 1. The SMILES string of the molecule is CN(C)c1ccc(C2SCC(=O)N2CCCCN2CCCC2)cc1. The van der Waals surface area contributed by atoms with Crippen molar-refractivity contribution >= 4 is 23.4 Å². The smallest absolute Gasteiger partial charge is 0.233 e. The highest BCUT2D eigenvalue weighted by Gasteiger charge is 2.32. The second-order valence-electron chi connectivity index (χ2n) is 6.99. The van der Waals surface area contributed by atoms with E-state index in [2.05, 4.69) is 53.1 Å². The summed E-state index contributed by atoms with van der Waals surface area (Å²) in [6.07, 6.45) is 5.01. The number of rotatable bonds is 7. The van der Waals surface area contributed by atoms with Gasteiger partial charge in [-0.1, -0.05) is 12.1 Å². The van der Waals surface area contributed by atoms with Gasteiger partial charge in [0, 0.05) is 26.3 Å². The molecule has 1 atom stereocenters. The number of benzene rings is 1. The molecule has 1 amide bonds. The molecule has 0 aromatic heterocycles. The second-order valence-corrected chi connectivity index (χ2v) is 8.06. The highest BCUT2D eigenvalue weighted by atomic mass is 32.2. The molecule has 24 heavy (non-hydrogen) atoms. The van der Waals surface area contributed by atoms with E-state index in [1.807, 2.05) is 0 Å². The fourth-order valence-electron chi connectivity index (χ4n) is 3.53. The first-order valence-electron chi connectivity index (χ1n) is 9.06. The fourth-order valence-corrected chi connectivity index (χ4v) is 4.75. The minimum absolute atomic E-state index is 0.195. The Hall–Kier alpha value is -1.20. The number of amides is 1. The molecule has 0 spiro atoms. The Morgan fingerprint density at radius 3 is 2.42 bits per heavy atom. The second kappa shape index (κ2) is 8.26. The molecular weight excluding hydrogens is 318 g/mol. The van der Waals surface area contributed by atoms with Crippen molar-refractivity contribution in [2.45, 2.75) is 31.1 Å². The minimum atomic E-state index is 0.195. The fraction of sp³-hybridized carbons (Fsp3) is 0.632. The zero-order valence-corrected chi connectivity index (χ0v) is 15.7. The van der Waals surface area contributed by atoms with Gasteiger partial charge in [0.25, 0.3) is 0 Å². The van der Waals surface area contributed by atoms with Crippen LogP contribution in [0, 0.1) is 0 Å². The van der Waals surface area contributed by atoms with Crippen LogP contribution in [0.2, 0.25) is 0 Å². The Morgan fingerprint density at radius 2 is 1.75 bits per heavy atom. The van der Waals surface area contributed by atoms with E-state index in [0.29, 0.717) is 11.7 Å². The Kier molecular flexibility index (Phi) is 6.06. The number of anilines is 1. The standard InChI is InChI=1S/C19H29N3OS/c1-20(2)17-9-7-16(8-10-17)19-22(18(23)15-24-19)14-6-5-13-21-11-3-4-12-21/h7-10,19H,3-6,11-15H2,1-2H3. The molecule has 2 heterocycles. The topological polar surface area (TPSA) is 26.8 Å². The monoisotopic (exact) mass is 347 g/mol.